The quantitative estimate of drug-likeness (QED) is 0.476. The van der Waals surface area contributed by atoms with Crippen molar-refractivity contribution in [2.24, 2.45) is 10.7 Å². The molecule has 0 aliphatic heterocycles. The Balaban J connectivity index is 3.56. The molecule has 4 heteroatoms. The highest BCUT2D eigenvalue weighted by Gasteiger charge is 1.98. The third-order valence-corrected chi connectivity index (χ3v) is 1.53. The van der Waals surface area contributed by atoms with E-state index in [0.717, 1.165) is 19.6 Å². The molecule has 0 radical (unpaired) electrons. The number of nitrogens with two attached hydrogens (primary N) is 1. The van der Waals surface area contributed by atoms with E-state index in [1.807, 2.05) is 13.8 Å². The fraction of sp³-hybridized carbons (Fsp3) is 0.889. The number of ether oxygens (including phenoxy) is 1. The number of hydrogen-bond acceptors (Lipinski definition) is 2. The molecule has 0 aromatic rings. The van der Waals surface area contributed by atoms with E-state index in [1.165, 1.54) is 0 Å². The minimum Gasteiger partial charge on any atom is -0.377 e. The zero-order valence-corrected chi connectivity index (χ0v) is 8.84. The van der Waals surface area contributed by atoms with Crippen LogP contribution in [0.2, 0.25) is 0 Å². The first-order chi connectivity index (χ1) is 6.20. The van der Waals surface area contributed by atoms with Crippen molar-refractivity contribution in [1.29, 1.82) is 0 Å². The SMILES string of the molecule is CCCNC(N)=NCC(C)OCC. The summed E-state index contributed by atoms with van der Waals surface area (Å²) in [4.78, 5) is 4.14. The molecule has 0 aliphatic carbocycles. The van der Waals surface area contributed by atoms with Crippen LogP contribution in [0.15, 0.2) is 4.99 Å². The van der Waals surface area contributed by atoms with Crippen LogP contribution in [-0.2, 0) is 4.74 Å². The van der Waals surface area contributed by atoms with Gasteiger partial charge in [-0.1, -0.05) is 6.92 Å². The van der Waals surface area contributed by atoms with E-state index >= 15 is 0 Å². The minimum absolute atomic E-state index is 0.145. The Kier molecular flexibility index (Phi) is 7.39. The molecule has 1 unspecified atom stereocenters. The first-order valence-electron chi connectivity index (χ1n) is 4.86. The largest absolute Gasteiger partial charge is 0.377 e. The van der Waals surface area contributed by atoms with Gasteiger partial charge in [0.05, 0.1) is 12.6 Å². The molecule has 0 heterocycles. The maximum atomic E-state index is 5.59. The second kappa shape index (κ2) is 7.86. The molecule has 0 saturated carbocycles. The lowest BCUT2D eigenvalue weighted by molar-refractivity contribution is 0.0829. The van der Waals surface area contributed by atoms with Crippen LogP contribution in [0.1, 0.15) is 27.2 Å². The number of rotatable bonds is 6. The number of nitrogens with zero attached hydrogens (tertiary/aromatic N) is 1. The van der Waals surface area contributed by atoms with Crippen LogP contribution >= 0.6 is 0 Å². The molecule has 0 spiro atoms. The van der Waals surface area contributed by atoms with Crippen LogP contribution in [-0.4, -0.2) is 31.8 Å². The Morgan fingerprint density at radius 3 is 2.77 bits per heavy atom. The molecule has 0 bridgehead atoms. The Labute approximate surface area is 80.6 Å². The molecule has 0 aromatic heterocycles. The Bertz CT molecular complexity index is 148. The predicted octanol–water partition coefficient (Wildman–Crippen LogP) is 0.726. The van der Waals surface area contributed by atoms with Gasteiger partial charge < -0.3 is 15.8 Å². The van der Waals surface area contributed by atoms with Gasteiger partial charge in [0, 0.05) is 13.2 Å². The van der Waals surface area contributed by atoms with Crippen LogP contribution in [0.5, 0.6) is 0 Å². The van der Waals surface area contributed by atoms with Gasteiger partial charge in [0.1, 0.15) is 0 Å². The van der Waals surface area contributed by atoms with Crippen molar-refractivity contribution in [1.82, 2.24) is 5.32 Å². The number of aliphatic imine (C=N–C) groups is 1. The number of nitrogens with one attached hydrogen (secondary N) is 1. The lowest BCUT2D eigenvalue weighted by Gasteiger charge is -2.09. The van der Waals surface area contributed by atoms with Gasteiger partial charge in [0.15, 0.2) is 5.96 Å². The average Bonchev–Trinajstić information content (AvgIpc) is 2.12. The molecule has 0 aliphatic rings. The summed E-state index contributed by atoms with van der Waals surface area (Å²) in [6.07, 6.45) is 1.20. The van der Waals surface area contributed by atoms with Crippen LogP contribution < -0.4 is 11.1 Å². The van der Waals surface area contributed by atoms with Crippen molar-refractivity contribution >= 4 is 5.96 Å². The molecule has 3 N–H and O–H groups in total. The van der Waals surface area contributed by atoms with E-state index < -0.39 is 0 Å². The summed E-state index contributed by atoms with van der Waals surface area (Å²) >= 11 is 0. The third-order valence-electron chi connectivity index (χ3n) is 1.53. The van der Waals surface area contributed by atoms with E-state index in [1.54, 1.807) is 0 Å². The summed E-state index contributed by atoms with van der Waals surface area (Å²) in [5.74, 6) is 0.508. The highest BCUT2D eigenvalue weighted by atomic mass is 16.5. The summed E-state index contributed by atoms with van der Waals surface area (Å²) in [6.45, 7) is 8.26. The van der Waals surface area contributed by atoms with Crippen LogP contribution in [0, 0.1) is 0 Å². The summed E-state index contributed by atoms with van der Waals surface area (Å²) < 4.78 is 5.31. The van der Waals surface area contributed by atoms with Gasteiger partial charge in [-0.2, -0.15) is 0 Å². The van der Waals surface area contributed by atoms with Gasteiger partial charge in [-0.15, -0.1) is 0 Å². The molecule has 0 saturated heterocycles. The maximum absolute atomic E-state index is 5.59. The van der Waals surface area contributed by atoms with Crippen LogP contribution in [0.25, 0.3) is 0 Å². The lowest BCUT2D eigenvalue weighted by atomic mass is 10.4. The molecule has 0 fully saturated rings. The van der Waals surface area contributed by atoms with Crippen LogP contribution in [0.3, 0.4) is 0 Å². The predicted molar refractivity (Wildman–Crippen MR) is 55.9 cm³/mol. The van der Waals surface area contributed by atoms with Gasteiger partial charge in [0.25, 0.3) is 0 Å². The van der Waals surface area contributed by atoms with Gasteiger partial charge in [0.2, 0.25) is 0 Å². The molecule has 0 amide bonds. The van der Waals surface area contributed by atoms with E-state index in [2.05, 4.69) is 17.2 Å². The van der Waals surface area contributed by atoms with Gasteiger partial charge in [-0.3, -0.25) is 4.99 Å². The first kappa shape index (κ1) is 12.2. The van der Waals surface area contributed by atoms with E-state index in [9.17, 15) is 0 Å². The normalized spacial score (nSPS) is 14.2. The van der Waals surface area contributed by atoms with Crippen molar-refractivity contribution in [3.05, 3.63) is 0 Å². The molecule has 78 valence electrons. The maximum Gasteiger partial charge on any atom is 0.188 e. The zero-order chi connectivity index (χ0) is 10.1. The molecular weight excluding hydrogens is 166 g/mol. The van der Waals surface area contributed by atoms with Crippen molar-refractivity contribution in [2.45, 2.75) is 33.3 Å². The standard InChI is InChI=1S/C9H21N3O/c1-4-6-11-9(10)12-7-8(3)13-5-2/h8H,4-7H2,1-3H3,(H3,10,11,12). The van der Waals surface area contributed by atoms with Crippen LogP contribution in [0.4, 0.5) is 0 Å². The Morgan fingerprint density at radius 2 is 2.23 bits per heavy atom. The second-order valence-electron chi connectivity index (χ2n) is 2.92. The molecule has 0 rings (SSSR count). The van der Waals surface area contributed by atoms with Gasteiger partial charge in [-0.05, 0) is 20.3 Å². The third kappa shape index (κ3) is 7.59. The second-order valence-corrected chi connectivity index (χ2v) is 2.92. The smallest absolute Gasteiger partial charge is 0.188 e. The lowest BCUT2D eigenvalue weighted by Crippen LogP contribution is -2.33. The summed E-state index contributed by atoms with van der Waals surface area (Å²) in [7, 11) is 0. The zero-order valence-electron chi connectivity index (χ0n) is 8.84. The topological polar surface area (TPSA) is 59.6 Å². The molecule has 0 aromatic carbocycles. The monoisotopic (exact) mass is 187 g/mol. The highest BCUT2D eigenvalue weighted by Crippen LogP contribution is 1.90. The van der Waals surface area contributed by atoms with Gasteiger partial charge in [-0.25, -0.2) is 0 Å². The Morgan fingerprint density at radius 1 is 1.54 bits per heavy atom. The first-order valence-corrected chi connectivity index (χ1v) is 4.86. The molecule has 1 atom stereocenters. The van der Waals surface area contributed by atoms with Crippen molar-refractivity contribution < 1.29 is 4.74 Å². The average molecular weight is 187 g/mol. The number of hydrogen-bond donors (Lipinski definition) is 2. The highest BCUT2D eigenvalue weighted by molar-refractivity contribution is 5.77. The fourth-order valence-electron chi connectivity index (χ4n) is 0.873. The van der Waals surface area contributed by atoms with Gasteiger partial charge >= 0.3 is 0 Å². The van der Waals surface area contributed by atoms with Crippen molar-refractivity contribution in [3.8, 4) is 0 Å². The van der Waals surface area contributed by atoms with Crippen molar-refractivity contribution in [2.75, 3.05) is 19.7 Å². The fourth-order valence-corrected chi connectivity index (χ4v) is 0.873. The molecule has 4 nitrogen and oxygen atoms in total. The summed E-state index contributed by atoms with van der Waals surface area (Å²) in [5, 5.41) is 3.00. The van der Waals surface area contributed by atoms with E-state index in [-0.39, 0.29) is 6.10 Å². The van der Waals surface area contributed by atoms with E-state index in [0.29, 0.717) is 12.5 Å². The molecule has 13 heavy (non-hydrogen) atoms. The summed E-state index contributed by atoms with van der Waals surface area (Å²) in [5.41, 5.74) is 5.59. The van der Waals surface area contributed by atoms with E-state index in [4.69, 9.17) is 10.5 Å². The van der Waals surface area contributed by atoms with Crippen molar-refractivity contribution in [3.63, 3.8) is 0 Å². The number of guanidine groups is 1. The summed E-state index contributed by atoms with van der Waals surface area (Å²) in [6, 6.07) is 0. The molecular formula is C9H21N3O. The minimum atomic E-state index is 0.145. The Hall–Kier alpha value is -0.770.